The van der Waals surface area contributed by atoms with Crippen molar-refractivity contribution >= 4 is 67.2 Å². The van der Waals surface area contributed by atoms with Crippen molar-refractivity contribution in [3.8, 4) is 23.6 Å². The zero-order valence-electron chi connectivity index (χ0n) is 48.2. The van der Waals surface area contributed by atoms with Crippen LogP contribution in [0.25, 0.3) is 67.2 Å². The number of fused-ring (bicyclic) bond motifs is 14. The largest absolute Gasteiger partial charge is 2.00 e. The SMILES string of the molecule is CCCCCCCCCCCCn1nc2nc3[n-]c(nc4nc(nc5[n-]c(nc1n2)c1cc(OCCCCCCCC)c(OCCCCCCCC)cc51)n(CCCCCCCCCCCC)n4)c1cc(C#N)c(C#N)cc31.[Ni+2]. The predicted octanol–water partition coefficient (Wildman–Crippen LogP) is 16.0. The summed E-state index contributed by atoms with van der Waals surface area (Å²) < 4.78 is 16.9. The van der Waals surface area contributed by atoms with Gasteiger partial charge in [-0.15, -0.1) is 10.2 Å². The maximum atomic E-state index is 10.1. The van der Waals surface area contributed by atoms with Crippen molar-refractivity contribution in [2.24, 2.45) is 0 Å². The number of hydrogen-bond acceptors (Lipinski definition) is 12. The first-order chi connectivity index (χ1) is 38.5. The molecule has 5 aromatic heterocycles. The Hall–Kier alpha value is -5.93. The topological polar surface area (TPSA) is 207 Å². The van der Waals surface area contributed by atoms with E-state index >= 15 is 0 Å². The predicted molar refractivity (Wildman–Crippen MR) is 314 cm³/mol. The van der Waals surface area contributed by atoms with E-state index in [1.165, 1.54) is 141 Å². The van der Waals surface area contributed by atoms with Crippen LogP contribution in [0.2, 0.25) is 0 Å². The molecule has 0 saturated carbocycles. The Morgan fingerprint density at radius 1 is 0.380 bits per heavy atom. The quantitative estimate of drug-likeness (QED) is 0.0261. The summed E-state index contributed by atoms with van der Waals surface area (Å²) in [5.74, 6) is 2.29. The second-order valence-corrected chi connectivity index (χ2v) is 21.4. The van der Waals surface area contributed by atoms with Crippen LogP contribution in [0.4, 0.5) is 0 Å². The smallest absolute Gasteiger partial charge is 0.490 e. The summed E-state index contributed by atoms with van der Waals surface area (Å²) in [5.41, 5.74) is 1.76. The molecule has 0 radical (unpaired) electrons. The van der Waals surface area contributed by atoms with Gasteiger partial charge in [0.2, 0.25) is 0 Å². The van der Waals surface area contributed by atoms with Crippen LogP contribution in [0.3, 0.4) is 0 Å². The third-order valence-electron chi connectivity index (χ3n) is 14.9. The molecule has 5 heterocycles. The van der Waals surface area contributed by atoms with Crippen LogP contribution < -0.4 is 19.4 Å². The molecular formula is C62H88N14NiO2. The van der Waals surface area contributed by atoms with Gasteiger partial charge in [0.15, 0.2) is 34.6 Å². The standard InChI is InChI=1S/C62H88N14O2.Ni/c1-5-9-13-17-21-23-25-27-29-33-37-75-61-69-57-51-43-53(77-39-35-31-19-15-11-7-3)54(78-40-36-32-20-16-12-8-4)44-52(51)58(66-57)70-62-72-60(74-76(62)38-34-30-28-26-24-22-18-14-10-6-2)68-56-50-42-48(46-64)47(45-63)41-49(50)55(65-56)67-59(71-61)73-75;/h41-44H,5-40H2,1-4H3;/q-2;+2. The summed E-state index contributed by atoms with van der Waals surface area (Å²) in [5, 5.41) is 32.6. The van der Waals surface area contributed by atoms with E-state index in [0.29, 0.717) is 71.4 Å². The molecular weight excluding hydrogens is 1030 g/mol. The minimum atomic E-state index is 0. The van der Waals surface area contributed by atoms with E-state index in [1.807, 2.05) is 21.5 Å². The van der Waals surface area contributed by atoms with Gasteiger partial charge in [-0.3, -0.25) is 0 Å². The number of hydrogen-bond donors (Lipinski definition) is 0. The van der Waals surface area contributed by atoms with Gasteiger partial charge in [-0.25, -0.2) is 19.3 Å². The molecule has 0 aliphatic carbocycles. The van der Waals surface area contributed by atoms with E-state index in [2.05, 4.69) is 39.8 Å². The zero-order chi connectivity index (χ0) is 54.6. The molecule has 2 aromatic carbocycles. The normalized spacial score (nSPS) is 11.5. The summed E-state index contributed by atoms with van der Waals surface area (Å²) in [6.07, 6.45) is 37.9. The van der Waals surface area contributed by atoms with Crippen molar-refractivity contribution in [2.45, 2.75) is 246 Å². The third kappa shape index (κ3) is 19.1. The first kappa shape index (κ1) is 62.3. The average Bonchev–Trinajstić information content (AvgIpc) is 4.42. The Morgan fingerprint density at radius 2 is 0.671 bits per heavy atom. The molecule has 16 nitrogen and oxygen atoms in total. The number of aryl methyl sites for hydroxylation is 2. The van der Waals surface area contributed by atoms with Crippen LogP contribution >= 0.6 is 0 Å². The minimum Gasteiger partial charge on any atom is -0.490 e. The second-order valence-electron chi connectivity index (χ2n) is 21.4. The molecule has 0 aliphatic rings. The van der Waals surface area contributed by atoms with E-state index in [-0.39, 0.29) is 50.5 Å². The monoisotopic (exact) mass is 1120 g/mol. The van der Waals surface area contributed by atoms with Gasteiger partial charge in [0.05, 0.1) is 24.3 Å². The maximum absolute atomic E-state index is 10.1. The molecule has 7 aromatic rings. The third-order valence-corrected chi connectivity index (χ3v) is 14.9. The van der Waals surface area contributed by atoms with E-state index in [0.717, 1.165) is 75.0 Å². The Morgan fingerprint density at radius 3 is 1.00 bits per heavy atom. The molecule has 0 saturated heterocycles. The fourth-order valence-electron chi connectivity index (χ4n) is 10.3. The summed E-state index contributed by atoms with van der Waals surface area (Å²) in [7, 11) is 0. The number of ether oxygens (including phenoxy) is 2. The average molecular weight is 1120 g/mol. The number of rotatable bonds is 38. The van der Waals surface area contributed by atoms with Gasteiger partial charge in [0.25, 0.3) is 0 Å². The number of benzene rings is 2. The van der Waals surface area contributed by atoms with Crippen molar-refractivity contribution in [3.63, 3.8) is 0 Å². The van der Waals surface area contributed by atoms with Gasteiger partial charge >= 0.3 is 16.5 Å². The molecule has 17 heteroatoms. The molecule has 7 rings (SSSR count). The first-order valence-corrected chi connectivity index (χ1v) is 30.6. The van der Waals surface area contributed by atoms with Crippen molar-refractivity contribution in [1.29, 1.82) is 10.5 Å². The van der Waals surface area contributed by atoms with Crippen LogP contribution in [0.15, 0.2) is 24.3 Å². The molecule has 0 unspecified atom stereocenters. The van der Waals surface area contributed by atoms with Crippen LogP contribution in [-0.4, -0.2) is 62.7 Å². The van der Waals surface area contributed by atoms with Crippen molar-refractivity contribution in [2.75, 3.05) is 13.2 Å². The maximum Gasteiger partial charge on any atom is 2.00 e. The number of aromatic nitrogens is 12. The van der Waals surface area contributed by atoms with Gasteiger partial charge in [0, 0.05) is 35.7 Å². The molecule has 0 spiro atoms. The molecule has 428 valence electrons. The Kier molecular flexibility index (Phi) is 27.5. The Labute approximate surface area is 479 Å². The van der Waals surface area contributed by atoms with Crippen molar-refractivity contribution < 1.29 is 26.0 Å². The summed E-state index contributed by atoms with van der Waals surface area (Å²) in [6, 6.07) is 11.6. The molecule has 0 aliphatic heterocycles. The number of unbranched alkanes of at least 4 members (excludes halogenated alkanes) is 28. The van der Waals surface area contributed by atoms with Gasteiger partial charge in [-0.1, -0.05) is 207 Å². The van der Waals surface area contributed by atoms with Gasteiger partial charge in [-0.05, 0) is 71.5 Å². The molecule has 79 heavy (non-hydrogen) atoms. The first-order valence-electron chi connectivity index (χ1n) is 30.6. The number of nitriles is 2. The zero-order valence-corrected chi connectivity index (χ0v) is 49.1. The Bertz CT molecular complexity index is 2920. The molecule has 0 N–H and O–H groups in total. The van der Waals surface area contributed by atoms with E-state index in [1.54, 1.807) is 12.1 Å². The second kappa shape index (κ2) is 34.9. The van der Waals surface area contributed by atoms with Gasteiger partial charge in [-0.2, -0.15) is 10.5 Å². The molecule has 0 fully saturated rings. The summed E-state index contributed by atoms with van der Waals surface area (Å²) in [6.45, 7) is 11.3. The molecule has 0 atom stereocenters. The van der Waals surface area contributed by atoms with E-state index < -0.39 is 0 Å². The minimum absolute atomic E-state index is 0. The fourth-order valence-corrected chi connectivity index (χ4v) is 10.3. The van der Waals surface area contributed by atoms with Crippen molar-refractivity contribution in [3.05, 3.63) is 35.4 Å². The van der Waals surface area contributed by atoms with E-state index in [9.17, 15) is 10.5 Å². The van der Waals surface area contributed by atoms with Crippen LogP contribution in [0.1, 0.15) is 244 Å². The van der Waals surface area contributed by atoms with Gasteiger partial charge < -0.3 is 39.4 Å². The molecule has 0 amide bonds. The summed E-state index contributed by atoms with van der Waals surface area (Å²) in [4.78, 5) is 40.3. The van der Waals surface area contributed by atoms with Gasteiger partial charge in [0.1, 0.15) is 12.1 Å². The van der Waals surface area contributed by atoms with Crippen molar-refractivity contribution in [1.82, 2.24) is 59.4 Å². The van der Waals surface area contributed by atoms with E-state index in [4.69, 9.17) is 59.5 Å². The van der Waals surface area contributed by atoms with Crippen LogP contribution in [0.5, 0.6) is 11.5 Å². The number of nitrogens with zero attached hydrogens (tertiary/aromatic N) is 14. The molecule has 8 bridgehead atoms. The van der Waals surface area contributed by atoms with Crippen LogP contribution in [0, 0.1) is 22.7 Å². The Balaban J connectivity index is 0.0000101. The van der Waals surface area contributed by atoms with Crippen LogP contribution in [-0.2, 0) is 29.6 Å². The summed E-state index contributed by atoms with van der Waals surface area (Å²) >= 11 is 0. The fraction of sp³-hybridized carbons (Fsp3) is 0.645.